The fraction of sp³-hybridized carbons (Fsp3) is 0.174. The molecule has 168 valence electrons. The van der Waals surface area contributed by atoms with E-state index >= 15 is 0 Å². The summed E-state index contributed by atoms with van der Waals surface area (Å²) in [4.78, 5) is 30.5. The molecule has 1 aliphatic rings. The van der Waals surface area contributed by atoms with Crippen molar-refractivity contribution in [3.05, 3.63) is 80.2 Å². The highest BCUT2D eigenvalue weighted by atomic mass is 32.1. The van der Waals surface area contributed by atoms with Gasteiger partial charge in [-0.05, 0) is 42.9 Å². The normalized spacial score (nSPS) is 13.1. The molecular formula is C23H19N3O5S2. The molecule has 0 unspecified atom stereocenters. The fourth-order valence-corrected chi connectivity index (χ4v) is 4.83. The summed E-state index contributed by atoms with van der Waals surface area (Å²) in [5.41, 5.74) is 3.30. The fourth-order valence-electron chi connectivity index (χ4n) is 3.45. The van der Waals surface area contributed by atoms with E-state index in [0.29, 0.717) is 33.9 Å². The maximum absolute atomic E-state index is 13.1. The first-order valence-corrected chi connectivity index (χ1v) is 11.4. The average Bonchev–Trinajstić information content (AvgIpc) is 3.43. The number of rotatable bonds is 6. The zero-order chi connectivity index (χ0) is 22.9. The van der Waals surface area contributed by atoms with Crippen LogP contribution in [0.2, 0.25) is 0 Å². The van der Waals surface area contributed by atoms with Crippen LogP contribution in [0.25, 0.3) is 10.2 Å². The van der Waals surface area contributed by atoms with E-state index in [-0.39, 0.29) is 11.6 Å². The van der Waals surface area contributed by atoms with Crippen LogP contribution in [0, 0.1) is 4.77 Å². The first kappa shape index (κ1) is 21.2. The monoisotopic (exact) mass is 481 g/mol. The number of nitrogens with zero attached hydrogens (tertiary/aromatic N) is 1. The largest absolute Gasteiger partial charge is 0.481 e. The van der Waals surface area contributed by atoms with Crippen molar-refractivity contribution in [3.8, 4) is 17.2 Å². The topological polar surface area (TPSA) is 94.6 Å². The molecule has 0 saturated carbocycles. The van der Waals surface area contributed by atoms with Crippen molar-refractivity contribution in [3.63, 3.8) is 0 Å². The zero-order valence-corrected chi connectivity index (χ0v) is 19.1. The molecule has 1 atom stereocenters. The summed E-state index contributed by atoms with van der Waals surface area (Å²) in [5.74, 6) is 1.09. The van der Waals surface area contributed by atoms with Crippen molar-refractivity contribution < 1.29 is 19.0 Å². The second-order valence-corrected chi connectivity index (χ2v) is 8.96. The molecule has 0 fully saturated rings. The molecule has 5 rings (SSSR count). The third-order valence-electron chi connectivity index (χ3n) is 5.11. The number of fused-ring (bicyclic) bond motifs is 2. The van der Waals surface area contributed by atoms with Crippen molar-refractivity contribution in [2.75, 3.05) is 12.2 Å². The van der Waals surface area contributed by atoms with Crippen LogP contribution in [0.3, 0.4) is 0 Å². The van der Waals surface area contributed by atoms with Gasteiger partial charge in [0.15, 0.2) is 17.6 Å². The quantitative estimate of drug-likeness (QED) is 0.405. The highest BCUT2D eigenvalue weighted by Gasteiger charge is 2.20. The Kier molecular flexibility index (Phi) is 5.61. The molecular weight excluding hydrogens is 462 g/mol. The van der Waals surface area contributed by atoms with Crippen LogP contribution in [0.4, 0.5) is 0 Å². The van der Waals surface area contributed by atoms with Crippen LogP contribution in [0.15, 0.2) is 59.4 Å². The molecule has 2 N–H and O–H groups in total. The van der Waals surface area contributed by atoms with Gasteiger partial charge in [-0.2, -0.15) is 4.68 Å². The lowest BCUT2D eigenvalue weighted by atomic mass is 10.1. The summed E-state index contributed by atoms with van der Waals surface area (Å²) in [6, 6.07) is 16.9. The van der Waals surface area contributed by atoms with Gasteiger partial charge >= 0.3 is 0 Å². The van der Waals surface area contributed by atoms with Gasteiger partial charge in [0, 0.05) is 17.4 Å². The first-order valence-electron chi connectivity index (χ1n) is 10.2. The molecule has 3 heterocycles. The number of thiophene rings is 1. The Morgan fingerprint density at radius 1 is 1.21 bits per heavy atom. The van der Waals surface area contributed by atoms with Crippen LogP contribution >= 0.6 is 23.6 Å². The molecule has 0 saturated heterocycles. The van der Waals surface area contributed by atoms with Crippen LogP contribution < -0.4 is 25.2 Å². The van der Waals surface area contributed by atoms with E-state index in [1.54, 1.807) is 25.1 Å². The molecule has 33 heavy (non-hydrogen) atoms. The minimum Gasteiger partial charge on any atom is -0.481 e. The number of amides is 1. The molecule has 0 aliphatic carbocycles. The van der Waals surface area contributed by atoms with Gasteiger partial charge in [-0.15, -0.1) is 11.3 Å². The molecule has 0 bridgehead atoms. The minimum absolute atomic E-state index is 0.101. The molecule has 1 aliphatic heterocycles. The first-order chi connectivity index (χ1) is 16.0. The predicted octanol–water partition coefficient (Wildman–Crippen LogP) is 3.98. The van der Waals surface area contributed by atoms with Crippen LogP contribution in [0.1, 0.15) is 17.4 Å². The van der Waals surface area contributed by atoms with Crippen LogP contribution in [0.5, 0.6) is 17.2 Å². The second-order valence-electron chi connectivity index (χ2n) is 7.44. The van der Waals surface area contributed by atoms with Gasteiger partial charge in [0.05, 0.1) is 5.39 Å². The number of nitrogens with one attached hydrogen (secondary N) is 2. The number of aromatic nitrogens is 2. The SMILES string of the molecule is C[C@H](Oc1ccc2c(c1)OCO2)C(=O)Nn1c(=S)[nH]c2sc(Cc3ccccc3)cc2c1=O. The number of ether oxygens (including phenoxy) is 3. The number of hydrogen-bond acceptors (Lipinski definition) is 7. The van der Waals surface area contributed by atoms with E-state index in [2.05, 4.69) is 10.4 Å². The van der Waals surface area contributed by atoms with Gasteiger partial charge in [-0.25, -0.2) is 0 Å². The Hall–Kier alpha value is -3.63. The highest BCUT2D eigenvalue weighted by molar-refractivity contribution is 7.71. The Balaban J connectivity index is 1.35. The molecule has 0 radical (unpaired) electrons. The van der Waals surface area contributed by atoms with Gasteiger partial charge in [-0.1, -0.05) is 30.3 Å². The predicted molar refractivity (Wildman–Crippen MR) is 128 cm³/mol. The Bertz CT molecular complexity index is 1460. The van der Waals surface area contributed by atoms with Crippen molar-refractivity contribution in [2.24, 2.45) is 0 Å². The van der Waals surface area contributed by atoms with E-state index < -0.39 is 17.6 Å². The Labute approximate surface area is 197 Å². The van der Waals surface area contributed by atoms with Gasteiger partial charge in [0.1, 0.15) is 10.6 Å². The minimum atomic E-state index is -0.890. The lowest BCUT2D eigenvalue weighted by molar-refractivity contribution is -0.123. The molecule has 0 spiro atoms. The third-order valence-corrected chi connectivity index (χ3v) is 6.44. The van der Waals surface area contributed by atoms with E-state index in [4.69, 9.17) is 26.4 Å². The molecule has 8 nitrogen and oxygen atoms in total. The van der Waals surface area contributed by atoms with Crippen molar-refractivity contribution in [1.82, 2.24) is 9.66 Å². The van der Waals surface area contributed by atoms with E-state index in [9.17, 15) is 9.59 Å². The van der Waals surface area contributed by atoms with Gasteiger partial charge in [0.2, 0.25) is 11.6 Å². The van der Waals surface area contributed by atoms with Crippen LogP contribution in [-0.2, 0) is 11.2 Å². The van der Waals surface area contributed by atoms with Gasteiger partial charge in [0.25, 0.3) is 11.5 Å². The summed E-state index contributed by atoms with van der Waals surface area (Å²) in [7, 11) is 0. The van der Waals surface area contributed by atoms with Crippen molar-refractivity contribution in [1.29, 1.82) is 0 Å². The number of carbonyl (C=O) groups excluding carboxylic acids is 1. The van der Waals surface area contributed by atoms with E-state index in [1.165, 1.54) is 11.3 Å². The van der Waals surface area contributed by atoms with Gasteiger partial charge < -0.3 is 19.2 Å². The summed E-state index contributed by atoms with van der Waals surface area (Å²) in [6.45, 7) is 1.73. The highest BCUT2D eigenvalue weighted by Crippen LogP contribution is 2.35. The summed E-state index contributed by atoms with van der Waals surface area (Å²) < 4.78 is 17.4. The number of carbonyl (C=O) groups is 1. The van der Waals surface area contributed by atoms with Crippen molar-refractivity contribution in [2.45, 2.75) is 19.4 Å². The molecule has 1 amide bonds. The van der Waals surface area contributed by atoms with Crippen molar-refractivity contribution >= 4 is 39.7 Å². The standard InChI is InChI=1S/C23H19N3O5S2/c1-13(31-15-7-8-18-19(10-15)30-12-29-18)20(27)25-26-22(28)17-11-16(33-21(17)24-23(26)32)9-14-5-3-2-4-6-14/h2-8,10-11,13H,9,12H2,1H3,(H,24,32)(H,25,27)/t13-/m0/s1. The number of aromatic amines is 1. The lowest BCUT2D eigenvalue weighted by Gasteiger charge is -2.16. The third kappa shape index (κ3) is 4.35. The Morgan fingerprint density at radius 3 is 2.82 bits per heavy atom. The maximum atomic E-state index is 13.1. The number of hydrogen-bond donors (Lipinski definition) is 2. The number of benzene rings is 2. The van der Waals surface area contributed by atoms with Gasteiger partial charge in [-0.3, -0.25) is 15.0 Å². The summed E-state index contributed by atoms with van der Waals surface area (Å²) >= 11 is 6.79. The molecule has 2 aromatic carbocycles. The second kappa shape index (κ2) is 8.72. The molecule has 10 heteroatoms. The smallest absolute Gasteiger partial charge is 0.282 e. The zero-order valence-electron chi connectivity index (χ0n) is 17.5. The number of H-pyrrole nitrogens is 1. The van der Waals surface area contributed by atoms with E-state index in [0.717, 1.165) is 15.1 Å². The summed E-state index contributed by atoms with van der Waals surface area (Å²) in [5, 5.41) is 0.462. The summed E-state index contributed by atoms with van der Waals surface area (Å²) in [6.07, 6.45) is -0.189. The average molecular weight is 482 g/mol. The molecule has 4 aromatic rings. The van der Waals surface area contributed by atoms with Crippen LogP contribution in [-0.4, -0.2) is 28.5 Å². The Morgan fingerprint density at radius 2 is 2.00 bits per heavy atom. The lowest BCUT2D eigenvalue weighted by Crippen LogP contribution is -2.40. The van der Waals surface area contributed by atoms with E-state index in [1.807, 2.05) is 36.4 Å². The molecule has 2 aromatic heterocycles. The maximum Gasteiger partial charge on any atom is 0.282 e.